The minimum atomic E-state index is -0.971. The molecule has 2 aromatic carbocycles. The van der Waals surface area contributed by atoms with Gasteiger partial charge in [0.1, 0.15) is 17.3 Å². The highest BCUT2D eigenvalue weighted by Gasteiger charge is 2.48. The number of ether oxygens (including phenoxy) is 2. The van der Waals surface area contributed by atoms with Gasteiger partial charge in [-0.2, -0.15) is 0 Å². The highest BCUT2D eigenvalue weighted by molar-refractivity contribution is 7.18. The topological polar surface area (TPSA) is 106 Å². The summed E-state index contributed by atoms with van der Waals surface area (Å²) in [6.07, 6.45) is 1.67. The van der Waals surface area contributed by atoms with Crippen molar-refractivity contribution in [2.75, 3.05) is 18.1 Å². The number of thiazole rings is 1. The van der Waals surface area contributed by atoms with E-state index in [0.29, 0.717) is 46.4 Å². The van der Waals surface area contributed by atoms with Gasteiger partial charge < -0.3 is 14.6 Å². The second-order valence-electron chi connectivity index (χ2n) is 8.93. The molecule has 0 bridgehead atoms. The molecule has 0 saturated carbocycles. The zero-order valence-corrected chi connectivity index (χ0v) is 22.6. The average Bonchev–Trinajstić information content (AvgIpc) is 3.43. The Hall–Kier alpha value is -3.98. The van der Waals surface area contributed by atoms with Gasteiger partial charge in [-0.3, -0.25) is 19.3 Å². The Morgan fingerprint density at radius 1 is 1.03 bits per heavy atom. The second kappa shape index (κ2) is 11.6. The number of Topliss-reactive ketones (excluding diaryl/α,β-unsaturated/α-hetero) is 2. The van der Waals surface area contributed by atoms with Crippen LogP contribution < -0.4 is 14.4 Å². The average molecular weight is 535 g/mol. The number of ketones is 2. The van der Waals surface area contributed by atoms with Gasteiger partial charge >= 0.3 is 5.91 Å². The molecule has 1 aromatic heterocycles. The standard InChI is InChI=1S/C29H30N2O6S/c1-5-14-36-21-12-10-19(11-13-21)25(33)23-24(20-8-7-9-22(16-20)37-15-6-2)31(28(35)26(23)34)29-30-17(3)27(38-29)18(4)32/h7-13,16,24,33H,5-6,14-15H2,1-4H3. The zero-order valence-electron chi connectivity index (χ0n) is 21.8. The highest BCUT2D eigenvalue weighted by Crippen LogP contribution is 2.44. The van der Waals surface area contributed by atoms with Crippen molar-refractivity contribution in [1.82, 2.24) is 4.98 Å². The van der Waals surface area contributed by atoms with Gasteiger partial charge in [0, 0.05) is 12.5 Å². The molecular weight excluding hydrogens is 504 g/mol. The summed E-state index contributed by atoms with van der Waals surface area (Å²) in [4.78, 5) is 45.1. The van der Waals surface area contributed by atoms with E-state index in [4.69, 9.17) is 9.47 Å². The fourth-order valence-electron chi connectivity index (χ4n) is 4.24. The number of aliphatic hydroxyl groups is 1. The van der Waals surface area contributed by atoms with Crippen molar-refractivity contribution in [3.8, 4) is 11.5 Å². The van der Waals surface area contributed by atoms with Crippen LogP contribution in [0.25, 0.3) is 5.76 Å². The predicted octanol–water partition coefficient (Wildman–Crippen LogP) is 5.86. The van der Waals surface area contributed by atoms with Gasteiger partial charge in [-0.1, -0.05) is 37.3 Å². The fourth-order valence-corrected chi connectivity index (χ4v) is 5.22. The molecule has 0 aliphatic carbocycles. The molecule has 1 fully saturated rings. The minimum absolute atomic E-state index is 0.0675. The first-order valence-electron chi connectivity index (χ1n) is 12.5. The largest absolute Gasteiger partial charge is 0.507 e. The van der Waals surface area contributed by atoms with E-state index in [0.717, 1.165) is 24.2 Å². The smallest absolute Gasteiger partial charge is 0.301 e. The van der Waals surface area contributed by atoms with Crippen LogP contribution in [0.4, 0.5) is 5.13 Å². The number of hydrogen-bond acceptors (Lipinski definition) is 8. The molecule has 38 heavy (non-hydrogen) atoms. The highest BCUT2D eigenvalue weighted by atomic mass is 32.1. The zero-order chi connectivity index (χ0) is 27.4. The van der Waals surface area contributed by atoms with E-state index in [1.165, 1.54) is 11.8 Å². The van der Waals surface area contributed by atoms with Gasteiger partial charge in [0.25, 0.3) is 5.78 Å². The van der Waals surface area contributed by atoms with Crippen LogP contribution >= 0.6 is 11.3 Å². The maximum Gasteiger partial charge on any atom is 0.301 e. The van der Waals surface area contributed by atoms with Crippen molar-refractivity contribution in [3.63, 3.8) is 0 Å². The van der Waals surface area contributed by atoms with Crippen LogP contribution in [0.3, 0.4) is 0 Å². The first-order chi connectivity index (χ1) is 18.3. The van der Waals surface area contributed by atoms with Crippen molar-refractivity contribution < 1.29 is 29.0 Å². The van der Waals surface area contributed by atoms with Gasteiger partial charge in [0.05, 0.1) is 35.4 Å². The van der Waals surface area contributed by atoms with E-state index >= 15 is 0 Å². The van der Waals surface area contributed by atoms with Crippen molar-refractivity contribution in [2.24, 2.45) is 0 Å². The molecule has 2 heterocycles. The molecule has 1 aliphatic rings. The second-order valence-corrected chi connectivity index (χ2v) is 9.91. The predicted molar refractivity (Wildman–Crippen MR) is 146 cm³/mol. The number of aromatic nitrogens is 1. The first-order valence-corrected chi connectivity index (χ1v) is 13.3. The molecule has 0 spiro atoms. The number of nitrogens with zero attached hydrogens (tertiary/aromatic N) is 2. The monoisotopic (exact) mass is 534 g/mol. The van der Waals surface area contributed by atoms with Crippen molar-refractivity contribution >= 4 is 39.7 Å². The number of carbonyl (C=O) groups excluding carboxylic acids is 3. The number of benzene rings is 2. The van der Waals surface area contributed by atoms with Crippen molar-refractivity contribution in [3.05, 3.63) is 75.8 Å². The minimum Gasteiger partial charge on any atom is -0.507 e. The van der Waals surface area contributed by atoms with Gasteiger partial charge in [0.2, 0.25) is 0 Å². The third-order valence-electron chi connectivity index (χ3n) is 6.00. The fraction of sp³-hybridized carbons (Fsp3) is 0.310. The summed E-state index contributed by atoms with van der Waals surface area (Å²) in [7, 11) is 0. The quantitative estimate of drug-likeness (QED) is 0.150. The molecule has 8 nitrogen and oxygen atoms in total. The van der Waals surface area contributed by atoms with Crippen LogP contribution in [0.1, 0.15) is 66.1 Å². The van der Waals surface area contributed by atoms with Gasteiger partial charge in [-0.25, -0.2) is 4.98 Å². The van der Waals surface area contributed by atoms with Crippen molar-refractivity contribution in [1.29, 1.82) is 0 Å². The molecule has 1 atom stereocenters. The Bertz CT molecular complexity index is 1390. The molecule has 1 unspecified atom stereocenters. The molecule has 4 rings (SSSR count). The molecule has 1 aliphatic heterocycles. The number of amides is 1. The number of rotatable bonds is 10. The first kappa shape index (κ1) is 27.1. The normalized spacial score (nSPS) is 16.6. The molecule has 1 saturated heterocycles. The summed E-state index contributed by atoms with van der Waals surface area (Å²) in [5, 5.41) is 11.6. The number of aryl methyl sites for hydroxylation is 1. The summed E-state index contributed by atoms with van der Waals surface area (Å²) in [5.74, 6) is -0.944. The number of hydrogen-bond donors (Lipinski definition) is 1. The lowest BCUT2D eigenvalue weighted by Crippen LogP contribution is -2.29. The van der Waals surface area contributed by atoms with Crippen LogP contribution in [-0.2, 0) is 9.59 Å². The third-order valence-corrected chi connectivity index (χ3v) is 7.26. The van der Waals surface area contributed by atoms with E-state index in [9.17, 15) is 19.5 Å². The van der Waals surface area contributed by atoms with Gasteiger partial charge in [-0.15, -0.1) is 0 Å². The van der Waals surface area contributed by atoms with E-state index in [-0.39, 0.29) is 22.2 Å². The summed E-state index contributed by atoms with van der Waals surface area (Å²) in [5.41, 5.74) is 1.34. The number of anilines is 1. The van der Waals surface area contributed by atoms with Crippen LogP contribution in [0.2, 0.25) is 0 Å². The SMILES string of the molecule is CCCOc1ccc(C(O)=C2C(=O)C(=O)N(c3nc(C)c(C(C)=O)s3)C2c2cccc(OCCC)c2)cc1. The summed E-state index contributed by atoms with van der Waals surface area (Å²) in [6.45, 7) is 8.17. The molecule has 1 amide bonds. The summed E-state index contributed by atoms with van der Waals surface area (Å²) < 4.78 is 11.4. The van der Waals surface area contributed by atoms with E-state index in [2.05, 4.69) is 4.98 Å². The Morgan fingerprint density at radius 3 is 2.29 bits per heavy atom. The van der Waals surface area contributed by atoms with Crippen LogP contribution in [-0.4, -0.2) is 40.8 Å². The van der Waals surface area contributed by atoms with Crippen LogP contribution in [0.5, 0.6) is 11.5 Å². The van der Waals surface area contributed by atoms with Crippen LogP contribution in [0, 0.1) is 6.92 Å². The molecule has 1 N–H and O–H groups in total. The molecule has 3 aromatic rings. The Kier molecular flexibility index (Phi) is 8.26. The summed E-state index contributed by atoms with van der Waals surface area (Å²) in [6, 6.07) is 12.8. The maximum atomic E-state index is 13.4. The van der Waals surface area contributed by atoms with Gasteiger partial charge in [-0.05, 0) is 61.7 Å². The Labute approximate surface area is 225 Å². The summed E-state index contributed by atoms with van der Waals surface area (Å²) >= 11 is 1.05. The third kappa shape index (κ3) is 5.33. The number of aliphatic hydroxyl groups excluding tert-OH is 1. The lowest BCUT2D eigenvalue weighted by Gasteiger charge is -2.23. The van der Waals surface area contributed by atoms with Crippen LogP contribution in [0.15, 0.2) is 54.1 Å². The van der Waals surface area contributed by atoms with E-state index in [1.54, 1.807) is 55.5 Å². The van der Waals surface area contributed by atoms with Crippen molar-refractivity contribution in [2.45, 2.75) is 46.6 Å². The molecule has 9 heteroatoms. The number of carbonyl (C=O) groups is 3. The lowest BCUT2D eigenvalue weighted by atomic mass is 9.95. The molecular formula is C29H30N2O6S. The Morgan fingerprint density at radius 2 is 1.68 bits per heavy atom. The Balaban J connectivity index is 1.86. The van der Waals surface area contributed by atoms with Gasteiger partial charge in [0.15, 0.2) is 10.9 Å². The molecule has 198 valence electrons. The lowest BCUT2D eigenvalue weighted by molar-refractivity contribution is -0.132. The maximum absolute atomic E-state index is 13.4. The van der Waals surface area contributed by atoms with E-state index in [1.807, 2.05) is 13.8 Å². The van der Waals surface area contributed by atoms with E-state index < -0.39 is 17.7 Å². The molecule has 0 radical (unpaired) electrons.